The van der Waals surface area contributed by atoms with Crippen molar-refractivity contribution < 1.29 is 9.15 Å². The first-order valence-corrected chi connectivity index (χ1v) is 9.52. The van der Waals surface area contributed by atoms with E-state index < -0.39 is 0 Å². The van der Waals surface area contributed by atoms with Gasteiger partial charge < -0.3 is 19.8 Å². The summed E-state index contributed by atoms with van der Waals surface area (Å²) in [6.07, 6.45) is 2.58. The van der Waals surface area contributed by atoms with Crippen LogP contribution in [0.5, 0.6) is 5.75 Å². The summed E-state index contributed by atoms with van der Waals surface area (Å²) in [4.78, 5) is 8.55. The number of hydrogen-bond donors (Lipinski definition) is 2. The molecule has 2 N–H and O–H groups in total. The Balaban J connectivity index is 1.85. The average Bonchev–Trinajstić information content (AvgIpc) is 3.11. The van der Waals surface area contributed by atoms with Gasteiger partial charge in [-0.25, -0.2) is 4.98 Å². The van der Waals surface area contributed by atoms with Crippen molar-refractivity contribution in [2.24, 2.45) is 4.99 Å². The molecule has 0 spiro atoms. The molecule has 2 aromatic rings. The number of nitrogens with one attached hydrogen (secondary N) is 2. The molecule has 6 nitrogen and oxygen atoms in total. The van der Waals surface area contributed by atoms with Crippen LogP contribution < -0.4 is 15.4 Å². The second kappa shape index (κ2) is 9.65. The van der Waals surface area contributed by atoms with Gasteiger partial charge in [0.1, 0.15) is 17.6 Å². The minimum absolute atomic E-state index is 0.0299. The Morgan fingerprint density at radius 2 is 2.04 bits per heavy atom. The minimum atomic E-state index is -0.0599. The number of nitrogens with zero attached hydrogens (tertiary/aromatic N) is 2. The van der Waals surface area contributed by atoms with Crippen LogP contribution in [0.2, 0.25) is 5.02 Å². The highest BCUT2D eigenvalue weighted by molar-refractivity contribution is 6.32. The molecule has 148 valence electrons. The van der Waals surface area contributed by atoms with Gasteiger partial charge in [-0.2, -0.15) is 0 Å². The number of rotatable bonds is 7. The van der Waals surface area contributed by atoms with Crippen LogP contribution in [0.15, 0.2) is 39.9 Å². The van der Waals surface area contributed by atoms with Crippen LogP contribution in [0.4, 0.5) is 0 Å². The fourth-order valence-electron chi connectivity index (χ4n) is 2.32. The Kier molecular flexibility index (Phi) is 7.54. The molecule has 0 aliphatic heterocycles. The van der Waals surface area contributed by atoms with Crippen molar-refractivity contribution in [3.63, 3.8) is 0 Å². The summed E-state index contributed by atoms with van der Waals surface area (Å²) in [6.45, 7) is 9.40. The Bertz CT molecular complexity index is 752. The van der Waals surface area contributed by atoms with Crippen LogP contribution in [-0.2, 0) is 12.0 Å². The Labute approximate surface area is 166 Å². The third-order valence-electron chi connectivity index (χ3n) is 4.01. The summed E-state index contributed by atoms with van der Waals surface area (Å²) in [7, 11) is 1.72. The van der Waals surface area contributed by atoms with E-state index in [2.05, 4.69) is 48.3 Å². The molecule has 0 saturated carbocycles. The molecule has 2 rings (SSSR count). The lowest BCUT2D eigenvalue weighted by Crippen LogP contribution is -2.42. The highest BCUT2D eigenvalue weighted by Gasteiger charge is 2.19. The summed E-state index contributed by atoms with van der Waals surface area (Å²) in [5.74, 6) is 2.83. The summed E-state index contributed by atoms with van der Waals surface area (Å²) >= 11 is 6.17. The molecule has 0 aliphatic rings. The van der Waals surface area contributed by atoms with Crippen LogP contribution in [-0.4, -0.2) is 30.6 Å². The van der Waals surface area contributed by atoms with E-state index in [4.69, 9.17) is 20.8 Å². The standard InChI is InChI=1S/C20H29ClN4O2/c1-6-14(26-16-10-8-7-9-15(16)21)11-24-19(22-5)25-13-18-23-12-17(27-18)20(2,3)4/h7-10,12,14H,6,11,13H2,1-5H3,(H2,22,24,25). The smallest absolute Gasteiger partial charge is 0.213 e. The fourth-order valence-corrected chi connectivity index (χ4v) is 2.50. The zero-order chi connectivity index (χ0) is 19.9. The Hall–Kier alpha value is -2.21. The fraction of sp³-hybridized carbons (Fsp3) is 0.500. The molecule has 1 atom stereocenters. The monoisotopic (exact) mass is 392 g/mol. The first-order chi connectivity index (χ1) is 12.8. The van der Waals surface area contributed by atoms with Crippen molar-refractivity contribution in [1.29, 1.82) is 0 Å². The number of aliphatic imine (C=N–C) groups is 1. The molecule has 1 aromatic heterocycles. The van der Waals surface area contributed by atoms with Crippen molar-refractivity contribution >= 4 is 17.6 Å². The van der Waals surface area contributed by atoms with Gasteiger partial charge in [0.2, 0.25) is 5.89 Å². The van der Waals surface area contributed by atoms with Gasteiger partial charge in [0.05, 0.1) is 24.3 Å². The summed E-state index contributed by atoms with van der Waals surface area (Å²) in [5.41, 5.74) is -0.0599. The van der Waals surface area contributed by atoms with E-state index >= 15 is 0 Å². The molecule has 1 aromatic carbocycles. The topological polar surface area (TPSA) is 71.7 Å². The van der Waals surface area contributed by atoms with Crippen LogP contribution in [0.3, 0.4) is 0 Å². The molecule has 7 heteroatoms. The maximum absolute atomic E-state index is 6.17. The largest absolute Gasteiger partial charge is 0.487 e. The number of hydrogen-bond acceptors (Lipinski definition) is 4. The van der Waals surface area contributed by atoms with Crippen LogP contribution in [0.1, 0.15) is 45.8 Å². The molecule has 1 heterocycles. The third kappa shape index (κ3) is 6.47. The molecule has 0 amide bonds. The van der Waals surface area contributed by atoms with E-state index in [1.165, 1.54) is 0 Å². The third-order valence-corrected chi connectivity index (χ3v) is 4.32. The predicted molar refractivity (Wildman–Crippen MR) is 110 cm³/mol. The molecular formula is C20H29ClN4O2. The van der Waals surface area contributed by atoms with E-state index in [-0.39, 0.29) is 11.5 Å². The molecule has 0 aliphatic carbocycles. The van der Waals surface area contributed by atoms with Crippen LogP contribution in [0, 0.1) is 0 Å². The van der Waals surface area contributed by atoms with Gasteiger partial charge in [-0.3, -0.25) is 4.99 Å². The lowest BCUT2D eigenvalue weighted by atomic mass is 9.94. The number of aromatic nitrogens is 1. The van der Waals surface area contributed by atoms with Crippen LogP contribution >= 0.6 is 11.6 Å². The van der Waals surface area contributed by atoms with Gasteiger partial charge in [-0.15, -0.1) is 0 Å². The van der Waals surface area contributed by atoms with E-state index in [1.54, 1.807) is 13.2 Å². The first kappa shape index (κ1) is 21.1. The van der Waals surface area contributed by atoms with E-state index in [9.17, 15) is 0 Å². The highest BCUT2D eigenvalue weighted by Crippen LogP contribution is 2.24. The molecule has 0 saturated heterocycles. The SMILES string of the molecule is CCC(CNC(=NC)NCc1ncc(C(C)(C)C)o1)Oc1ccccc1Cl. The van der Waals surface area contributed by atoms with Crippen molar-refractivity contribution in [2.75, 3.05) is 13.6 Å². The van der Waals surface area contributed by atoms with E-state index in [0.717, 1.165) is 12.2 Å². The highest BCUT2D eigenvalue weighted by atomic mass is 35.5. The van der Waals surface area contributed by atoms with E-state index in [1.807, 2.05) is 24.3 Å². The molecule has 27 heavy (non-hydrogen) atoms. The average molecular weight is 393 g/mol. The van der Waals surface area contributed by atoms with Crippen molar-refractivity contribution in [2.45, 2.75) is 52.2 Å². The lowest BCUT2D eigenvalue weighted by Gasteiger charge is -2.20. The number of benzene rings is 1. The summed E-state index contributed by atoms with van der Waals surface area (Å²) in [5, 5.41) is 7.08. The number of halogens is 1. The van der Waals surface area contributed by atoms with Crippen molar-refractivity contribution in [3.05, 3.63) is 47.1 Å². The number of para-hydroxylation sites is 1. The van der Waals surface area contributed by atoms with Gasteiger partial charge in [0.25, 0.3) is 0 Å². The van der Waals surface area contributed by atoms with Crippen molar-refractivity contribution in [1.82, 2.24) is 15.6 Å². The Morgan fingerprint density at radius 1 is 1.30 bits per heavy atom. The van der Waals surface area contributed by atoms with Crippen molar-refractivity contribution in [3.8, 4) is 5.75 Å². The summed E-state index contributed by atoms with van der Waals surface area (Å²) in [6, 6.07) is 7.48. The van der Waals surface area contributed by atoms with E-state index in [0.29, 0.717) is 35.7 Å². The zero-order valence-electron chi connectivity index (χ0n) is 16.7. The number of guanidine groups is 1. The second-order valence-corrected chi connectivity index (χ2v) is 7.66. The van der Waals surface area contributed by atoms with Gasteiger partial charge >= 0.3 is 0 Å². The lowest BCUT2D eigenvalue weighted by molar-refractivity contribution is 0.199. The second-order valence-electron chi connectivity index (χ2n) is 7.25. The predicted octanol–water partition coefficient (Wildman–Crippen LogP) is 4.15. The molecular weight excluding hydrogens is 364 g/mol. The molecule has 0 fully saturated rings. The maximum atomic E-state index is 6.17. The summed E-state index contributed by atoms with van der Waals surface area (Å²) < 4.78 is 11.8. The normalized spacial score (nSPS) is 13.3. The maximum Gasteiger partial charge on any atom is 0.213 e. The minimum Gasteiger partial charge on any atom is -0.487 e. The van der Waals surface area contributed by atoms with Gasteiger partial charge in [-0.1, -0.05) is 51.4 Å². The Morgan fingerprint density at radius 3 is 2.63 bits per heavy atom. The quantitative estimate of drug-likeness (QED) is 0.547. The van der Waals surface area contributed by atoms with Gasteiger partial charge in [0.15, 0.2) is 5.96 Å². The van der Waals surface area contributed by atoms with Crippen LogP contribution in [0.25, 0.3) is 0 Å². The van der Waals surface area contributed by atoms with Gasteiger partial charge in [-0.05, 0) is 18.6 Å². The molecule has 0 radical (unpaired) electrons. The molecule has 0 bridgehead atoms. The molecule has 1 unspecified atom stereocenters. The van der Waals surface area contributed by atoms with Gasteiger partial charge in [0, 0.05) is 12.5 Å². The first-order valence-electron chi connectivity index (χ1n) is 9.14. The number of ether oxygens (including phenoxy) is 1. The number of oxazole rings is 1. The zero-order valence-corrected chi connectivity index (χ0v) is 17.4.